The highest BCUT2D eigenvalue weighted by molar-refractivity contribution is 5.07. The van der Waals surface area contributed by atoms with Gasteiger partial charge >= 0.3 is 11.9 Å². The molecule has 0 fully saturated rings. The molecule has 0 aliphatic heterocycles. The first-order valence-corrected chi connectivity index (χ1v) is 6.02. The van der Waals surface area contributed by atoms with Crippen molar-refractivity contribution >= 4 is 0 Å². The fourth-order valence-corrected chi connectivity index (χ4v) is 1.80. The molecule has 2 aromatic heterocycles. The molecule has 22 heavy (non-hydrogen) atoms. The lowest BCUT2D eigenvalue weighted by molar-refractivity contribution is -0.142. The molecule has 0 N–H and O–H groups in total. The molecule has 0 spiro atoms. The number of hydrogen-bond acceptors (Lipinski definition) is 4. The quantitative estimate of drug-likeness (QED) is 0.762. The number of hydrogen-bond donors (Lipinski definition) is 0. The predicted molar refractivity (Wildman–Crippen MR) is 69.5 cm³/mol. The molecule has 0 aliphatic rings. The molecule has 0 saturated carbocycles. The summed E-state index contributed by atoms with van der Waals surface area (Å²) in [5.41, 5.74) is -3.22. The first kappa shape index (κ1) is 15.7. The average molecular weight is 316 g/mol. The van der Waals surface area contributed by atoms with Gasteiger partial charge in [0.1, 0.15) is 0 Å². The molecule has 0 aliphatic carbocycles. The number of halogens is 3. The average Bonchev–Trinajstić information content (AvgIpc) is 2.43. The maximum absolute atomic E-state index is 12.6. The van der Waals surface area contributed by atoms with Crippen LogP contribution in [0.15, 0.2) is 32.6 Å². The van der Waals surface area contributed by atoms with Gasteiger partial charge in [0.05, 0.1) is 6.54 Å². The number of aromatic nitrogens is 4. The normalized spacial score (nSPS) is 11.7. The molecule has 7 nitrogen and oxygen atoms in total. The van der Waals surface area contributed by atoms with Gasteiger partial charge in [0.2, 0.25) is 0 Å². The molecule has 10 heteroatoms. The Labute approximate surface area is 120 Å². The molecule has 0 amide bonds. The van der Waals surface area contributed by atoms with Gasteiger partial charge < -0.3 is 0 Å². The van der Waals surface area contributed by atoms with Crippen molar-refractivity contribution in [3.8, 4) is 0 Å². The van der Waals surface area contributed by atoms with Gasteiger partial charge in [0.15, 0.2) is 5.69 Å². The molecule has 0 unspecified atom stereocenters. The van der Waals surface area contributed by atoms with E-state index in [-0.39, 0.29) is 5.69 Å². The summed E-state index contributed by atoms with van der Waals surface area (Å²) in [7, 11) is 2.61. The van der Waals surface area contributed by atoms with Crippen LogP contribution in [0.1, 0.15) is 11.4 Å². The second-order valence-electron chi connectivity index (χ2n) is 4.59. The Kier molecular flexibility index (Phi) is 3.77. The topological polar surface area (TPSA) is 78.9 Å². The molecule has 0 radical (unpaired) electrons. The van der Waals surface area contributed by atoms with Crippen molar-refractivity contribution in [2.24, 2.45) is 14.1 Å². The van der Waals surface area contributed by atoms with Crippen LogP contribution >= 0.6 is 0 Å². The van der Waals surface area contributed by atoms with E-state index in [1.54, 1.807) is 0 Å². The maximum atomic E-state index is 12.6. The molecule has 0 atom stereocenters. The lowest BCUT2D eigenvalue weighted by Crippen LogP contribution is -2.39. The summed E-state index contributed by atoms with van der Waals surface area (Å²) in [6, 6.07) is 2.37. The predicted octanol–water partition coefficient (Wildman–Crippen LogP) is -0.292. The second-order valence-corrected chi connectivity index (χ2v) is 4.59. The largest absolute Gasteiger partial charge is 0.435 e. The lowest BCUT2D eigenvalue weighted by atomic mass is 10.3. The van der Waals surface area contributed by atoms with Gasteiger partial charge in [-0.25, -0.2) is 9.48 Å². The van der Waals surface area contributed by atoms with Gasteiger partial charge in [-0.05, 0) is 6.07 Å². The summed E-state index contributed by atoms with van der Waals surface area (Å²) in [4.78, 5) is 34.9. The summed E-state index contributed by atoms with van der Waals surface area (Å²) in [5, 5.41) is 3.22. The SMILES string of the molecule is Cn1c(Cn2nc(C(F)(F)F)ccc2=O)cc(=O)n(C)c1=O. The van der Waals surface area contributed by atoms with Gasteiger partial charge in [-0.15, -0.1) is 0 Å². The van der Waals surface area contributed by atoms with Crippen molar-refractivity contribution < 1.29 is 13.2 Å². The highest BCUT2D eigenvalue weighted by Crippen LogP contribution is 2.26. The van der Waals surface area contributed by atoms with Crippen molar-refractivity contribution in [1.29, 1.82) is 0 Å². The molecule has 0 saturated heterocycles. The molecule has 118 valence electrons. The molecular formula is C12H11F3N4O3. The van der Waals surface area contributed by atoms with Crippen LogP contribution < -0.4 is 16.8 Å². The molecule has 0 bridgehead atoms. The van der Waals surface area contributed by atoms with Crippen molar-refractivity contribution in [3.63, 3.8) is 0 Å². The van der Waals surface area contributed by atoms with E-state index >= 15 is 0 Å². The standard InChI is InChI=1S/C12H11F3N4O3/c1-17-7(5-10(21)18(2)11(17)22)6-19-9(20)4-3-8(16-19)12(13,14)15/h3-5H,6H2,1-2H3. The highest BCUT2D eigenvalue weighted by Gasteiger charge is 2.33. The lowest BCUT2D eigenvalue weighted by Gasteiger charge is -2.12. The first-order chi connectivity index (χ1) is 10.1. The van der Waals surface area contributed by atoms with Gasteiger partial charge in [-0.2, -0.15) is 18.3 Å². The molecule has 2 rings (SSSR count). The summed E-state index contributed by atoms with van der Waals surface area (Å²) in [6.07, 6.45) is -4.70. The van der Waals surface area contributed by atoms with Crippen LogP contribution in [0, 0.1) is 0 Å². The highest BCUT2D eigenvalue weighted by atomic mass is 19.4. The van der Waals surface area contributed by atoms with Crippen LogP contribution in [-0.4, -0.2) is 18.9 Å². The summed E-state index contributed by atoms with van der Waals surface area (Å²) in [6.45, 7) is -0.426. The summed E-state index contributed by atoms with van der Waals surface area (Å²) >= 11 is 0. The third-order valence-electron chi connectivity index (χ3n) is 3.09. The van der Waals surface area contributed by atoms with Crippen LogP contribution in [0.5, 0.6) is 0 Å². The van der Waals surface area contributed by atoms with E-state index in [2.05, 4.69) is 5.10 Å². The Morgan fingerprint density at radius 3 is 2.27 bits per heavy atom. The van der Waals surface area contributed by atoms with Gasteiger partial charge in [-0.3, -0.25) is 18.7 Å². The Balaban J connectivity index is 2.55. The summed E-state index contributed by atoms with van der Waals surface area (Å²) < 4.78 is 40.3. The fourth-order valence-electron chi connectivity index (χ4n) is 1.80. The second kappa shape index (κ2) is 5.28. The van der Waals surface area contributed by atoms with Crippen LogP contribution in [0.25, 0.3) is 0 Å². The Hall–Kier alpha value is -2.65. The zero-order valence-corrected chi connectivity index (χ0v) is 11.6. The number of rotatable bonds is 2. The van der Waals surface area contributed by atoms with Crippen LogP contribution in [0.3, 0.4) is 0 Å². The number of alkyl halides is 3. The number of nitrogens with zero attached hydrogens (tertiary/aromatic N) is 4. The maximum Gasteiger partial charge on any atom is 0.435 e. The van der Waals surface area contributed by atoms with Crippen LogP contribution in [-0.2, 0) is 26.8 Å². The van der Waals surface area contributed by atoms with E-state index in [0.29, 0.717) is 10.7 Å². The molecule has 2 heterocycles. The Bertz CT molecular complexity index is 892. The minimum atomic E-state index is -4.70. The van der Waals surface area contributed by atoms with Crippen molar-refractivity contribution in [1.82, 2.24) is 18.9 Å². The van der Waals surface area contributed by atoms with E-state index in [0.717, 1.165) is 21.3 Å². The van der Waals surface area contributed by atoms with Crippen molar-refractivity contribution in [2.75, 3.05) is 0 Å². The van der Waals surface area contributed by atoms with Crippen LogP contribution in [0.4, 0.5) is 13.2 Å². The summed E-state index contributed by atoms with van der Waals surface area (Å²) in [5.74, 6) is 0. The fraction of sp³-hybridized carbons (Fsp3) is 0.333. The van der Waals surface area contributed by atoms with Gasteiger partial charge in [0.25, 0.3) is 11.1 Å². The minimum Gasteiger partial charge on any atom is -0.299 e. The zero-order chi connectivity index (χ0) is 16.7. The van der Waals surface area contributed by atoms with E-state index < -0.39 is 35.2 Å². The smallest absolute Gasteiger partial charge is 0.299 e. The molecular weight excluding hydrogens is 305 g/mol. The molecule has 0 aromatic carbocycles. The zero-order valence-electron chi connectivity index (χ0n) is 11.6. The van der Waals surface area contributed by atoms with Gasteiger partial charge in [0, 0.05) is 31.9 Å². The first-order valence-electron chi connectivity index (χ1n) is 6.02. The molecule has 2 aromatic rings. The van der Waals surface area contributed by atoms with Crippen molar-refractivity contribution in [2.45, 2.75) is 12.7 Å². The third kappa shape index (κ3) is 2.85. The van der Waals surface area contributed by atoms with Crippen molar-refractivity contribution in [3.05, 3.63) is 60.8 Å². The Morgan fingerprint density at radius 1 is 1.05 bits per heavy atom. The monoisotopic (exact) mass is 316 g/mol. The van der Waals surface area contributed by atoms with E-state index in [1.165, 1.54) is 14.1 Å². The third-order valence-corrected chi connectivity index (χ3v) is 3.09. The van der Waals surface area contributed by atoms with E-state index in [4.69, 9.17) is 0 Å². The van der Waals surface area contributed by atoms with E-state index in [1.807, 2.05) is 0 Å². The van der Waals surface area contributed by atoms with Crippen LogP contribution in [0.2, 0.25) is 0 Å². The Morgan fingerprint density at radius 2 is 1.68 bits per heavy atom. The van der Waals surface area contributed by atoms with Gasteiger partial charge in [-0.1, -0.05) is 0 Å². The van der Waals surface area contributed by atoms with E-state index in [9.17, 15) is 27.6 Å². The minimum absolute atomic E-state index is 0.0713.